The number of rotatable bonds is 6. The number of aliphatic carboxylic acids is 1. The maximum absolute atomic E-state index is 10.9. The molecule has 0 heterocycles. The van der Waals surface area contributed by atoms with E-state index in [0.29, 0.717) is 0 Å². The second kappa shape index (κ2) is 10.2. The molecule has 4 N–H and O–H groups in total. The maximum Gasteiger partial charge on any atom is 0.339 e. The largest absolute Gasteiger partial charge is 0.507 e. The average Bonchev–Trinajstić information content (AvgIpc) is 2.44. The molecule has 1 aromatic rings. The van der Waals surface area contributed by atoms with Crippen LogP contribution in [-0.2, 0) is 14.4 Å². The van der Waals surface area contributed by atoms with E-state index in [-0.39, 0.29) is 29.3 Å². The van der Waals surface area contributed by atoms with E-state index in [1.54, 1.807) is 12.1 Å². The van der Waals surface area contributed by atoms with Crippen molar-refractivity contribution >= 4 is 36.3 Å². The predicted molar refractivity (Wildman–Crippen MR) is 83.8 cm³/mol. The normalized spacial score (nSPS) is 10.7. The van der Waals surface area contributed by atoms with Gasteiger partial charge in [0, 0.05) is 5.75 Å². The number of thiol groups is 1. The number of benzene rings is 1. The summed E-state index contributed by atoms with van der Waals surface area (Å²) < 4.78 is 0. The number of carbonyl (C=O) groups is 4. The zero-order valence-corrected chi connectivity index (χ0v) is 13.1. The minimum Gasteiger partial charge on any atom is -0.507 e. The highest BCUT2D eigenvalue weighted by atomic mass is 32.1. The Kier molecular flexibility index (Phi) is 9.09. The van der Waals surface area contributed by atoms with Crippen molar-refractivity contribution in [3.63, 3.8) is 0 Å². The van der Waals surface area contributed by atoms with Crippen LogP contribution in [0, 0.1) is 0 Å². The van der Waals surface area contributed by atoms with E-state index in [2.05, 4.69) is 17.9 Å². The number of para-hydroxylation sites is 1. The molecule has 0 aromatic heterocycles. The van der Waals surface area contributed by atoms with Gasteiger partial charge in [-0.25, -0.2) is 9.59 Å². The number of amides is 1. The Hall–Kier alpha value is -2.55. The van der Waals surface area contributed by atoms with Crippen LogP contribution in [0.15, 0.2) is 24.3 Å². The maximum atomic E-state index is 10.9. The van der Waals surface area contributed by atoms with Gasteiger partial charge in [-0.2, -0.15) is 12.6 Å². The Morgan fingerprint density at radius 3 is 2.09 bits per heavy atom. The van der Waals surface area contributed by atoms with Gasteiger partial charge >= 0.3 is 11.9 Å². The summed E-state index contributed by atoms with van der Waals surface area (Å²) in [5.41, 5.74) is -0.0671. The van der Waals surface area contributed by atoms with Crippen LogP contribution in [0.1, 0.15) is 23.7 Å². The minimum absolute atomic E-state index is 0.00101. The predicted octanol–water partition coefficient (Wildman–Crippen LogP) is 0.555. The van der Waals surface area contributed by atoms with Crippen LogP contribution in [0.4, 0.5) is 0 Å². The quantitative estimate of drug-likeness (QED) is 0.375. The number of Topliss-reactive ketones (excluding diaryl/α,β-unsaturated/α-hetero) is 1. The average molecular weight is 343 g/mol. The topological polar surface area (TPSA) is 141 Å². The van der Waals surface area contributed by atoms with Gasteiger partial charge in [0.25, 0.3) is 0 Å². The first-order valence-corrected chi connectivity index (χ1v) is 6.96. The van der Waals surface area contributed by atoms with E-state index in [9.17, 15) is 19.2 Å². The van der Waals surface area contributed by atoms with E-state index >= 15 is 0 Å². The van der Waals surface area contributed by atoms with Crippen LogP contribution in [-0.4, -0.2) is 50.7 Å². The molecule has 1 atom stereocenters. The Morgan fingerprint density at radius 2 is 1.74 bits per heavy atom. The number of nitrogens with one attached hydrogen (secondary N) is 1. The van der Waals surface area contributed by atoms with Crippen molar-refractivity contribution in [2.45, 2.75) is 19.4 Å². The first-order chi connectivity index (χ1) is 10.7. The third kappa shape index (κ3) is 8.47. The second-order valence-corrected chi connectivity index (χ2v) is 4.71. The molecule has 0 aliphatic rings. The number of carboxylic acids is 2. The fourth-order valence-corrected chi connectivity index (χ4v) is 1.56. The van der Waals surface area contributed by atoms with Crippen LogP contribution in [0.2, 0.25) is 0 Å². The van der Waals surface area contributed by atoms with E-state index in [4.69, 9.17) is 15.3 Å². The van der Waals surface area contributed by atoms with Crippen LogP contribution in [0.25, 0.3) is 0 Å². The number of hydrogen-bond acceptors (Lipinski definition) is 6. The third-order valence-electron chi connectivity index (χ3n) is 2.36. The fourth-order valence-electron chi connectivity index (χ4n) is 1.31. The minimum atomic E-state index is -1.16. The van der Waals surface area contributed by atoms with Crippen molar-refractivity contribution in [3.8, 4) is 5.75 Å². The summed E-state index contributed by atoms with van der Waals surface area (Å²) >= 11 is 3.74. The molecule has 0 unspecified atom stereocenters. The molecule has 0 aliphatic heterocycles. The molecule has 126 valence electrons. The van der Waals surface area contributed by atoms with Gasteiger partial charge in [-0.3, -0.25) is 9.59 Å². The molecule has 1 rings (SSSR count). The molecule has 0 saturated heterocycles. The SMILES string of the molecule is CC(=O)CC(=O)N[C@@H](CS)C(=O)O.O=C(O)c1ccccc1O. The lowest BCUT2D eigenvalue weighted by atomic mass is 10.2. The molecule has 1 amide bonds. The molecular weight excluding hydrogens is 326 g/mol. The van der Waals surface area contributed by atoms with Gasteiger partial charge in [-0.1, -0.05) is 12.1 Å². The number of hydrogen-bond donors (Lipinski definition) is 5. The number of phenols is 1. The molecule has 9 heteroatoms. The van der Waals surface area contributed by atoms with Crippen LogP contribution < -0.4 is 5.32 Å². The molecule has 8 nitrogen and oxygen atoms in total. The summed E-state index contributed by atoms with van der Waals surface area (Å²) in [7, 11) is 0. The van der Waals surface area contributed by atoms with Gasteiger partial charge in [-0.05, 0) is 19.1 Å². The first kappa shape index (κ1) is 20.5. The Balaban J connectivity index is 0.000000433. The number of carbonyl (C=O) groups excluding carboxylic acids is 2. The molecule has 0 fully saturated rings. The monoisotopic (exact) mass is 343 g/mol. The molecule has 0 spiro atoms. The van der Waals surface area contributed by atoms with Crippen LogP contribution in [0.5, 0.6) is 5.75 Å². The van der Waals surface area contributed by atoms with Gasteiger partial charge in [0.2, 0.25) is 5.91 Å². The molecule has 0 saturated carbocycles. The van der Waals surface area contributed by atoms with Crippen molar-refractivity contribution in [3.05, 3.63) is 29.8 Å². The lowest BCUT2D eigenvalue weighted by molar-refractivity contribution is -0.141. The van der Waals surface area contributed by atoms with E-state index < -0.39 is 23.9 Å². The highest BCUT2D eigenvalue weighted by molar-refractivity contribution is 7.80. The van der Waals surface area contributed by atoms with E-state index in [1.807, 2.05) is 0 Å². The summed E-state index contributed by atoms with van der Waals surface area (Å²) in [5, 5.41) is 28.0. The van der Waals surface area contributed by atoms with Crippen LogP contribution >= 0.6 is 12.6 Å². The smallest absolute Gasteiger partial charge is 0.339 e. The molecule has 23 heavy (non-hydrogen) atoms. The Labute approximate surface area is 137 Å². The highest BCUT2D eigenvalue weighted by Gasteiger charge is 2.18. The lowest BCUT2D eigenvalue weighted by Crippen LogP contribution is -2.42. The summed E-state index contributed by atoms with van der Waals surface area (Å²) in [6.07, 6.45) is -0.294. The summed E-state index contributed by atoms with van der Waals surface area (Å²) in [4.78, 5) is 42.0. The van der Waals surface area contributed by atoms with Gasteiger partial charge < -0.3 is 20.6 Å². The zero-order valence-electron chi connectivity index (χ0n) is 12.2. The van der Waals surface area contributed by atoms with E-state index in [1.165, 1.54) is 19.1 Å². The molecule has 0 bridgehead atoms. The van der Waals surface area contributed by atoms with Gasteiger partial charge in [-0.15, -0.1) is 0 Å². The van der Waals surface area contributed by atoms with Crippen molar-refractivity contribution in [1.82, 2.24) is 5.32 Å². The van der Waals surface area contributed by atoms with Crippen molar-refractivity contribution in [2.24, 2.45) is 0 Å². The van der Waals surface area contributed by atoms with Crippen molar-refractivity contribution in [1.29, 1.82) is 0 Å². The highest BCUT2D eigenvalue weighted by Crippen LogP contribution is 2.14. The van der Waals surface area contributed by atoms with Gasteiger partial charge in [0.15, 0.2) is 0 Å². The number of aromatic carboxylic acids is 1. The Morgan fingerprint density at radius 1 is 1.17 bits per heavy atom. The molecule has 1 aromatic carbocycles. The second-order valence-electron chi connectivity index (χ2n) is 4.34. The molecule has 0 aliphatic carbocycles. The number of ketones is 1. The fraction of sp³-hybridized carbons (Fsp3) is 0.286. The summed E-state index contributed by atoms with van der Waals surface area (Å²) in [6, 6.07) is 4.78. The first-order valence-electron chi connectivity index (χ1n) is 6.32. The van der Waals surface area contributed by atoms with Crippen LogP contribution in [0.3, 0.4) is 0 Å². The van der Waals surface area contributed by atoms with Gasteiger partial charge in [0.1, 0.15) is 23.1 Å². The Bertz CT molecular complexity index is 588. The lowest BCUT2D eigenvalue weighted by Gasteiger charge is -2.10. The molecular formula is C14H17NO7S. The zero-order chi connectivity index (χ0) is 18.0. The van der Waals surface area contributed by atoms with E-state index in [0.717, 1.165) is 0 Å². The number of carboxylic acid groups (broad SMARTS) is 2. The summed E-state index contributed by atoms with van der Waals surface area (Å²) in [6.45, 7) is 1.26. The molecule has 0 radical (unpaired) electrons. The van der Waals surface area contributed by atoms with Crippen molar-refractivity contribution in [2.75, 3.05) is 5.75 Å². The van der Waals surface area contributed by atoms with Gasteiger partial charge in [0.05, 0.1) is 6.42 Å². The van der Waals surface area contributed by atoms with Crippen molar-refractivity contribution < 1.29 is 34.5 Å². The standard InChI is InChI=1S/C7H11NO4S.C7H6O3/c1-4(9)2-6(10)8-5(3-13)7(11)12;8-6-4-2-1-3-5(6)7(9)10/h5,13H,2-3H2,1H3,(H,8,10)(H,11,12);1-4,8H,(H,9,10)/t5-;/m0./s1. The summed E-state index contributed by atoms with van der Waals surface area (Å²) in [5.74, 6) is -3.37. The number of aromatic hydroxyl groups is 1. The third-order valence-corrected chi connectivity index (χ3v) is 2.72.